The van der Waals surface area contributed by atoms with Crippen LogP contribution in [0.2, 0.25) is 0 Å². The van der Waals surface area contributed by atoms with Gasteiger partial charge in [-0.1, -0.05) is 30.3 Å². The number of likely N-dealkylation sites (tertiary alicyclic amines) is 1. The molecule has 0 bridgehead atoms. The van der Waals surface area contributed by atoms with Crippen molar-refractivity contribution in [3.63, 3.8) is 0 Å². The van der Waals surface area contributed by atoms with Gasteiger partial charge in [-0.15, -0.1) is 0 Å². The predicted molar refractivity (Wildman–Crippen MR) is 64.0 cm³/mol. The largest absolute Gasteiger partial charge is 0.385 e. The molecule has 1 aromatic carbocycles. The number of aliphatic hydroxyl groups is 1. The van der Waals surface area contributed by atoms with Crippen molar-refractivity contribution in [1.29, 1.82) is 0 Å². The van der Waals surface area contributed by atoms with Crippen molar-refractivity contribution < 1.29 is 5.11 Å². The van der Waals surface area contributed by atoms with Crippen LogP contribution in [0.3, 0.4) is 0 Å². The molecule has 2 nitrogen and oxygen atoms in total. The Balaban J connectivity index is 1.83. The summed E-state index contributed by atoms with van der Waals surface area (Å²) in [6, 6.07) is 10.2. The van der Waals surface area contributed by atoms with E-state index < -0.39 is 5.60 Å². The molecule has 1 aromatic rings. The van der Waals surface area contributed by atoms with E-state index in [1.54, 1.807) is 0 Å². The van der Waals surface area contributed by atoms with Crippen molar-refractivity contribution in [2.24, 2.45) is 11.8 Å². The Labute approximate surface area is 96.9 Å². The molecule has 1 heterocycles. The summed E-state index contributed by atoms with van der Waals surface area (Å²) in [6.07, 6.45) is 1.87. The van der Waals surface area contributed by atoms with Crippen LogP contribution in [-0.2, 0) is 5.60 Å². The predicted octanol–water partition coefficient (Wildman–Crippen LogP) is 1.85. The zero-order valence-electron chi connectivity index (χ0n) is 9.76. The molecule has 1 aliphatic heterocycles. The van der Waals surface area contributed by atoms with Gasteiger partial charge in [-0.3, -0.25) is 0 Å². The van der Waals surface area contributed by atoms with Gasteiger partial charge in [-0.05, 0) is 37.3 Å². The lowest BCUT2D eigenvalue weighted by atomic mass is 9.90. The number of nitrogens with zero attached hydrogens (tertiary/aromatic N) is 1. The van der Waals surface area contributed by atoms with Crippen molar-refractivity contribution in [2.45, 2.75) is 18.4 Å². The second-order valence-corrected chi connectivity index (χ2v) is 5.55. The van der Waals surface area contributed by atoms with E-state index in [1.807, 2.05) is 18.2 Å². The fourth-order valence-corrected chi connectivity index (χ4v) is 3.57. The van der Waals surface area contributed by atoms with Gasteiger partial charge in [-0.2, -0.15) is 0 Å². The fourth-order valence-electron chi connectivity index (χ4n) is 3.57. The maximum atomic E-state index is 10.7. The lowest BCUT2D eigenvalue weighted by Gasteiger charge is -2.25. The minimum Gasteiger partial charge on any atom is -0.385 e. The number of rotatable bonds is 1. The number of benzene rings is 1. The van der Waals surface area contributed by atoms with Gasteiger partial charge in [0.25, 0.3) is 0 Å². The fraction of sp³-hybridized carbons (Fsp3) is 0.571. The second-order valence-electron chi connectivity index (χ2n) is 5.55. The molecular weight excluding hydrogens is 198 g/mol. The van der Waals surface area contributed by atoms with E-state index >= 15 is 0 Å². The highest BCUT2D eigenvalue weighted by Gasteiger charge is 2.48. The molecule has 3 rings (SSSR count). The van der Waals surface area contributed by atoms with Gasteiger partial charge in [0.15, 0.2) is 0 Å². The highest BCUT2D eigenvalue weighted by Crippen LogP contribution is 2.48. The molecule has 2 atom stereocenters. The van der Waals surface area contributed by atoms with E-state index in [-0.39, 0.29) is 0 Å². The molecule has 1 N–H and O–H groups in total. The normalized spacial score (nSPS) is 38.9. The maximum absolute atomic E-state index is 10.7. The summed E-state index contributed by atoms with van der Waals surface area (Å²) < 4.78 is 0. The second kappa shape index (κ2) is 3.57. The Morgan fingerprint density at radius 1 is 1.12 bits per heavy atom. The quantitative estimate of drug-likeness (QED) is 0.776. The number of fused-ring (bicyclic) bond motifs is 1. The molecule has 1 aliphatic carbocycles. The third-order valence-corrected chi connectivity index (χ3v) is 4.27. The lowest BCUT2D eigenvalue weighted by molar-refractivity contribution is 0.0324. The average Bonchev–Trinajstić information content (AvgIpc) is 2.73. The van der Waals surface area contributed by atoms with Gasteiger partial charge in [-0.25, -0.2) is 0 Å². The van der Waals surface area contributed by atoms with Crippen LogP contribution in [0.5, 0.6) is 0 Å². The maximum Gasteiger partial charge on any atom is 0.0903 e. The molecule has 0 spiro atoms. The van der Waals surface area contributed by atoms with Gasteiger partial charge in [0.05, 0.1) is 5.60 Å². The van der Waals surface area contributed by atoms with Crippen molar-refractivity contribution in [3.8, 4) is 0 Å². The Kier molecular flexibility index (Phi) is 2.30. The van der Waals surface area contributed by atoms with E-state index in [0.29, 0.717) is 11.8 Å². The summed E-state index contributed by atoms with van der Waals surface area (Å²) in [5, 5.41) is 10.7. The van der Waals surface area contributed by atoms with Gasteiger partial charge in [0, 0.05) is 13.1 Å². The van der Waals surface area contributed by atoms with Gasteiger partial charge < -0.3 is 10.0 Å². The summed E-state index contributed by atoms with van der Waals surface area (Å²) >= 11 is 0. The topological polar surface area (TPSA) is 23.5 Å². The summed E-state index contributed by atoms with van der Waals surface area (Å²) in [6.45, 7) is 2.31. The van der Waals surface area contributed by atoms with E-state index in [9.17, 15) is 5.11 Å². The molecule has 2 fully saturated rings. The van der Waals surface area contributed by atoms with Crippen LogP contribution in [0.1, 0.15) is 18.4 Å². The SMILES string of the molecule is CN1CC2CC(O)(c3ccccc3)CC2C1. The standard InChI is InChI=1S/C14H19NO/c1-15-9-11-7-14(16,8-12(11)10-15)13-5-3-2-4-6-13/h2-6,11-12,16H,7-10H2,1H3. The minimum atomic E-state index is -0.558. The van der Waals surface area contributed by atoms with Crippen LogP contribution < -0.4 is 0 Å². The van der Waals surface area contributed by atoms with Crippen LogP contribution in [0, 0.1) is 11.8 Å². The van der Waals surface area contributed by atoms with E-state index in [1.165, 1.54) is 0 Å². The van der Waals surface area contributed by atoms with Gasteiger partial charge >= 0.3 is 0 Å². The molecule has 0 aromatic heterocycles. The zero-order valence-corrected chi connectivity index (χ0v) is 9.76. The highest BCUT2D eigenvalue weighted by molar-refractivity contribution is 5.24. The summed E-state index contributed by atoms with van der Waals surface area (Å²) in [5.74, 6) is 1.38. The number of hydrogen-bond donors (Lipinski definition) is 1. The number of hydrogen-bond acceptors (Lipinski definition) is 2. The molecule has 1 saturated carbocycles. The third-order valence-electron chi connectivity index (χ3n) is 4.27. The van der Waals surface area contributed by atoms with Gasteiger partial charge in [0.1, 0.15) is 0 Å². The van der Waals surface area contributed by atoms with Crippen LogP contribution in [-0.4, -0.2) is 30.1 Å². The van der Waals surface area contributed by atoms with Crippen LogP contribution in [0.25, 0.3) is 0 Å². The third kappa shape index (κ3) is 1.57. The molecule has 2 aliphatic rings. The Hall–Kier alpha value is -0.860. The van der Waals surface area contributed by atoms with Crippen molar-refractivity contribution >= 4 is 0 Å². The highest BCUT2D eigenvalue weighted by atomic mass is 16.3. The molecule has 2 heteroatoms. The van der Waals surface area contributed by atoms with E-state index in [4.69, 9.17) is 0 Å². The van der Waals surface area contributed by atoms with Crippen LogP contribution in [0.15, 0.2) is 30.3 Å². The lowest BCUT2D eigenvalue weighted by Crippen LogP contribution is -2.26. The molecule has 1 saturated heterocycles. The molecule has 16 heavy (non-hydrogen) atoms. The smallest absolute Gasteiger partial charge is 0.0903 e. The monoisotopic (exact) mass is 217 g/mol. The average molecular weight is 217 g/mol. The van der Waals surface area contributed by atoms with E-state index in [0.717, 1.165) is 31.5 Å². The first-order valence-corrected chi connectivity index (χ1v) is 6.14. The van der Waals surface area contributed by atoms with Crippen LogP contribution >= 0.6 is 0 Å². The van der Waals surface area contributed by atoms with E-state index in [2.05, 4.69) is 24.1 Å². The Morgan fingerprint density at radius 3 is 2.25 bits per heavy atom. The summed E-state index contributed by atoms with van der Waals surface area (Å²) in [7, 11) is 2.18. The first-order chi connectivity index (χ1) is 7.67. The van der Waals surface area contributed by atoms with Crippen molar-refractivity contribution in [2.75, 3.05) is 20.1 Å². The Bertz CT molecular complexity index is 362. The summed E-state index contributed by atoms with van der Waals surface area (Å²) in [5.41, 5.74) is 0.546. The van der Waals surface area contributed by atoms with Crippen LogP contribution in [0.4, 0.5) is 0 Å². The van der Waals surface area contributed by atoms with Gasteiger partial charge in [0.2, 0.25) is 0 Å². The Morgan fingerprint density at radius 2 is 1.69 bits per heavy atom. The minimum absolute atomic E-state index is 0.558. The zero-order chi connectivity index (χ0) is 11.2. The molecule has 2 unspecified atom stereocenters. The molecular formula is C14H19NO. The van der Waals surface area contributed by atoms with Crippen molar-refractivity contribution in [3.05, 3.63) is 35.9 Å². The molecule has 0 radical (unpaired) electrons. The summed E-state index contributed by atoms with van der Waals surface area (Å²) in [4.78, 5) is 2.39. The first kappa shape index (κ1) is 10.3. The van der Waals surface area contributed by atoms with Crippen molar-refractivity contribution in [1.82, 2.24) is 4.90 Å². The molecule has 0 amide bonds. The first-order valence-electron chi connectivity index (χ1n) is 6.14. The molecule has 86 valence electrons.